The Morgan fingerprint density at radius 2 is 1.81 bits per heavy atom. The van der Waals surface area contributed by atoms with Crippen molar-refractivity contribution < 1.29 is 23.8 Å². The number of benzene rings is 3. The Bertz CT molecular complexity index is 1280. The summed E-state index contributed by atoms with van der Waals surface area (Å²) in [5.41, 5.74) is 3.68. The molecule has 6 nitrogen and oxygen atoms in total. The number of ether oxygens (including phenoxy) is 3. The van der Waals surface area contributed by atoms with Gasteiger partial charge in [-0.15, -0.1) is 0 Å². The van der Waals surface area contributed by atoms with E-state index in [1.165, 1.54) is 13.2 Å². The van der Waals surface area contributed by atoms with E-state index in [1.807, 2.05) is 48.5 Å². The molecule has 1 amide bonds. The van der Waals surface area contributed by atoms with Gasteiger partial charge < -0.3 is 19.1 Å². The standard InChI is InChI=1S/C30H31NO5/c1-30(2)18-17-22-14-15-24(27(35-4)28(22)36-30)20-31(29(33)23-10-6-5-7-11-23)25-12-8-9-21(19-25)13-16-26(32)34-3/h5-16,19H,17-18,20H2,1-4H3/b16-13+. The summed E-state index contributed by atoms with van der Waals surface area (Å²) in [7, 11) is 2.96. The molecule has 6 heteroatoms. The molecule has 0 aliphatic carbocycles. The molecule has 0 radical (unpaired) electrons. The van der Waals surface area contributed by atoms with Crippen LogP contribution in [0.3, 0.4) is 0 Å². The first-order valence-electron chi connectivity index (χ1n) is 11.9. The van der Waals surface area contributed by atoms with Crippen molar-refractivity contribution in [2.24, 2.45) is 0 Å². The molecule has 186 valence electrons. The first-order valence-corrected chi connectivity index (χ1v) is 11.9. The lowest BCUT2D eigenvalue weighted by molar-refractivity contribution is -0.134. The number of rotatable bonds is 7. The van der Waals surface area contributed by atoms with Crippen LogP contribution >= 0.6 is 0 Å². The van der Waals surface area contributed by atoms with Crippen molar-refractivity contribution in [1.82, 2.24) is 0 Å². The first kappa shape index (κ1) is 25.0. The largest absolute Gasteiger partial charge is 0.492 e. The number of hydrogen-bond acceptors (Lipinski definition) is 5. The van der Waals surface area contributed by atoms with Crippen LogP contribution in [0.15, 0.2) is 72.8 Å². The Balaban J connectivity index is 1.76. The van der Waals surface area contributed by atoms with E-state index >= 15 is 0 Å². The molecular formula is C30H31NO5. The van der Waals surface area contributed by atoms with Crippen molar-refractivity contribution in [3.05, 3.63) is 95.1 Å². The van der Waals surface area contributed by atoms with Crippen LogP contribution in [0.1, 0.15) is 47.3 Å². The van der Waals surface area contributed by atoms with E-state index in [4.69, 9.17) is 14.2 Å². The highest BCUT2D eigenvalue weighted by Crippen LogP contribution is 2.43. The van der Waals surface area contributed by atoms with Gasteiger partial charge in [0.05, 0.1) is 20.8 Å². The summed E-state index contributed by atoms with van der Waals surface area (Å²) < 4.78 is 16.8. The number of nitrogens with zero attached hydrogens (tertiary/aromatic N) is 1. The van der Waals surface area contributed by atoms with E-state index in [0.717, 1.165) is 35.3 Å². The van der Waals surface area contributed by atoms with Crippen molar-refractivity contribution in [3.63, 3.8) is 0 Å². The highest BCUT2D eigenvalue weighted by Gasteiger charge is 2.31. The smallest absolute Gasteiger partial charge is 0.330 e. The summed E-state index contributed by atoms with van der Waals surface area (Å²) in [6.45, 7) is 4.42. The van der Waals surface area contributed by atoms with Gasteiger partial charge in [-0.3, -0.25) is 4.79 Å². The molecule has 36 heavy (non-hydrogen) atoms. The highest BCUT2D eigenvalue weighted by molar-refractivity contribution is 6.06. The zero-order valence-corrected chi connectivity index (χ0v) is 21.1. The SMILES string of the molecule is COC(=O)/C=C/c1cccc(N(Cc2ccc3c(c2OC)OC(C)(C)CC3)C(=O)c2ccccc2)c1. The molecule has 1 aliphatic heterocycles. The van der Waals surface area contributed by atoms with E-state index in [2.05, 4.69) is 19.9 Å². The first-order chi connectivity index (χ1) is 17.3. The van der Waals surface area contributed by atoms with Crippen molar-refractivity contribution in [3.8, 4) is 11.5 Å². The Hall–Kier alpha value is -4.06. The topological polar surface area (TPSA) is 65.1 Å². The monoisotopic (exact) mass is 485 g/mol. The van der Waals surface area contributed by atoms with Crippen LogP contribution in [-0.2, 0) is 22.5 Å². The summed E-state index contributed by atoms with van der Waals surface area (Å²) in [6.07, 6.45) is 4.84. The van der Waals surface area contributed by atoms with Crippen LogP contribution in [0, 0.1) is 0 Å². The molecule has 0 saturated carbocycles. The lowest BCUT2D eigenvalue weighted by Gasteiger charge is -2.34. The summed E-state index contributed by atoms with van der Waals surface area (Å²) in [6, 6.07) is 20.7. The fourth-order valence-electron chi connectivity index (χ4n) is 4.28. The van der Waals surface area contributed by atoms with Crippen molar-refractivity contribution in [2.75, 3.05) is 19.1 Å². The minimum Gasteiger partial charge on any atom is -0.492 e. The van der Waals surface area contributed by atoms with E-state index in [-0.39, 0.29) is 18.1 Å². The van der Waals surface area contributed by atoms with Crippen LogP contribution in [0.2, 0.25) is 0 Å². The van der Waals surface area contributed by atoms with Gasteiger partial charge >= 0.3 is 5.97 Å². The van der Waals surface area contributed by atoms with Crippen LogP contribution in [-0.4, -0.2) is 31.7 Å². The fourth-order valence-corrected chi connectivity index (χ4v) is 4.28. The van der Waals surface area contributed by atoms with Gasteiger partial charge in [0, 0.05) is 22.9 Å². The Morgan fingerprint density at radius 3 is 2.53 bits per heavy atom. The number of methoxy groups -OCH3 is 2. The van der Waals surface area contributed by atoms with Crippen LogP contribution in [0.25, 0.3) is 6.08 Å². The molecular weight excluding hydrogens is 454 g/mol. The van der Waals surface area contributed by atoms with Crippen molar-refractivity contribution >= 4 is 23.6 Å². The van der Waals surface area contributed by atoms with Crippen molar-refractivity contribution in [1.29, 1.82) is 0 Å². The number of anilines is 1. The van der Waals surface area contributed by atoms with Crippen LogP contribution in [0.4, 0.5) is 5.69 Å². The second-order valence-electron chi connectivity index (χ2n) is 9.32. The number of hydrogen-bond donors (Lipinski definition) is 0. The third kappa shape index (κ3) is 5.60. The second kappa shape index (κ2) is 10.7. The number of fused-ring (bicyclic) bond motifs is 1. The van der Waals surface area contributed by atoms with E-state index < -0.39 is 5.97 Å². The van der Waals surface area contributed by atoms with Crippen LogP contribution < -0.4 is 14.4 Å². The molecule has 0 N–H and O–H groups in total. The number of esters is 1. The maximum absolute atomic E-state index is 13.7. The molecule has 3 aromatic rings. The summed E-state index contributed by atoms with van der Waals surface area (Å²) >= 11 is 0. The van der Waals surface area contributed by atoms with Gasteiger partial charge in [-0.05, 0) is 68.2 Å². The van der Waals surface area contributed by atoms with Crippen molar-refractivity contribution in [2.45, 2.75) is 38.8 Å². The predicted octanol–water partition coefficient (Wildman–Crippen LogP) is 5.83. The lowest BCUT2D eigenvalue weighted by atomic mass is 9.93. The number of carbonyl (C=O) groups is 2. The molecule has 4 rings (SSSR count). The quantitative estimate of drug-likeness (QED) is 0.311. The van der Waals surface area contributed by atoms with E-state index in [1.54, 1.807) is 30.2 Å². The minimum absolute atomic E-state index is 0.147. The molecule has 0 atom stereocenters. The zero-order chi connectivity index (χ0) is 25.7. The molecule has 0 bridgehead atoms. The molecule has 1 aliphatic rings. The third-order valence-electron chi connectivity index (χ3n) is 6.24. The maximum Gasteiger partial charge on any atom is 0.330 e. The molecule has 1 heterocycles. The minimum atomic E-state index is -0.445. The van der Waals surface area contributed by atoms with Gasteiger partial charge in [-0.2, -0.15) is 0 Å². The Morgan fingerprint density at radius 1 is 1.03 bits per heavy atom. The second-order valence-corrected chi connectivity index (χ2v) is 9.32. The molecule has 0 fully saturated rings. The zero-order valence-electron chi connectivity index (χ0n) is 21.1. The molecule has 0 spiro atoms. The summed E-state index contributed by atoms with van der Waals surface area (Å²) in [4.78, 5) is 27.0. The van der Waals surface area contributed by atoms with E-state index in [0.29, 0.717) is 17.0 Å². The van der Waals surface area contributed by atoms with E-state index in [9.17, 15) is 9.59 Å². The number of amides is 1. The third-order valence-corrected chi connectivity index (χ3v) is 6.24. The average molecular weight is 486 g/mol. The maximum atomic E-state index is 13.7. The average Bonchev–Trinajstić information content (AvgIpc) is 2.89. The number of carbonyl (C=O) groups excluding carboxylic acids is 2. The van der Waals surface area contributed by atoms with Gasteiger partial charge in [0.2, 0.25) is 0 Å². The Kier molecular flexibility index (Phi) is 7.44. The normalized spacial score (nSPS) is 14.0. The molecule has 0 aromatic heterocycles. The summed E-state index contributed by atoms with van der Waals surface area (Å²) in [5, 5.41) is 0. The molecule has 3 aromatic carbocycles. The molecule has 0 saturated heterocycles. The number of aryl methyl sites for hydroxylation is 1. The highest BCUT2D eigenvalue weighted by atomic mass is 16.5. The lowest BCUT2D eigenvalue weighted by Crippen LogP contribution is -2.33. The molecule has 0 unspecified atom stereocenters. The van der Waals surface area contributed by atoms with Gasteiger partial charge in [-0.1, -0.05) is 42.5 Å². The van der Waals surface area contributed by atoms with Gasteiger partial charge in [0.1, 0.15) is 5.60 Å². The van der Waals surface area contributed by atoms with Crippen LogP contribution in [0.5, 0.6) is 11.5 Å². The van der Waals surface area contributed by atoms with Gasteiger partial charge in [-0.25, -0.2) is 4.79 Å². The Labute approximate surface area is 212 Å². The van der Waals surface area contributed by atoms with Gasteiger partial charge in [0.25, 0.3) is 5.91 Å². The summed E-state index contributed by atoms with van der Waals surface area (Å²) in [5.74, 6) is 0.797. The van der Waals surface area contributed by atoms with Gasteiger partial charge in [0.15, 0.2) is 11.5 Å². The predicted molar refractivity (Wildman–Crippen MR) is 140 cm³/mol. The fraction of sp³-hybridized carbons (Fsp3) is 0.267.